The lowest BCUT2D eigenvalue weighted by molar-refractivity contribution is 0.534. The summed E-state index contributed by atoms with van der Waals surface area (Å²) in [6.45, 7) is 9.78. The van der Waals surface area contributed by atoms with Gasteiger partial charge < -0.3 is 21.3 Å². The van der Waals surface area contributed by atoms with Crippen molar-refractivity contribution in [2.45, 2.75) is 6.92 Å². The fourth-order valence-electron chi connectivity index (χ4n) is 1.40. The van der Waals surface area contributed by atoms with Crippen LogP contribution in [0.5, 0.6) is 0 Å². The summed E-state index contributed by atoms with van der Waals surface area (Å²) < 4.78 is 0. The van der Waals surface area contributed by atoms with Crippen LogP contribution in [0.4, 0.5) is 0 Å². The third kappa shape index (κ3) is 5.21. The molecule has 0 radical (unpaired) electrons. The largest absolute Gasteiger partial charge is 0.386 e. The lowest BCUT2D eigenvalue weighted by atomic mass is 10.3. The van der Waals surface area contributed by atoms with Gasteiger partial charge >= 0.3 is 0 Å². The molecule has 0 spiro atoms. The number of piperazine rings is 2. The maximum Gasteiger partial charge on any atom is 0.0351 e. The van der Waals surface area contributed by atoms with Gasteiger partial charge in [-0.2, -0.15) is 0 Å². The Morgan fingerprint density at radius 1 is 0.857 bits per heavy atom. The van der Waals surface area contributed by atoms with Crippen molar-refractivity contribution in [3.05, 3.63) is 11.8 Å². The van der Waals surface area contributed by atoms with Gasteiger partial charge in [-0.3, -0.25) is 0 Å². The highest BCUT2D eigenvalue weighted by atomic mass is 15.0. The summed E-state index contributed by atoms with van der Waals surface area (Å²) in [4.78, 5) is 0. The second kappa shape index (κ2) is 7.79. The number of allylic oxidation sites excluding steroid dienone is 1. The van der Waals surface area contributed by atoms with Crippen molar-refractivity contribution in [3.63, 3.8) is 0 Å². The van der Waals surface area contributed by atoms with Crippen LogP contribution < -0.4 is 21.3 Å². The van der Waals surface area contributed by atoms with E-state index in [4.69, 9.17) is 0 Å². The van der Waals surface area contributed by atoms with Crippen molar-refractivity contribution in [1.82, 2.24) is 21.3 Å². The predicted molar refractivity (Wildman–Crippen MR) is 60.4 cm³/mol. The minimum atomic E-state index is 1.01. The van der Waals surface area contributed by atoms with E-state index in [2.05, 4.69) is 34.3 Å². The van der Waals surface area contributed by atoms with Crippen LogP contribution in [0.3, 0.4) is 0 Å². The maximum atomic E-state index is 3.27. The van der Waals surface area contributed by atoms with Crippen molar-refractivity contribution < 1.29 is 0 Å². The molecule has 2 aliphatic heterocycles. The van der Waals surface area contributed by atoms with Crippen LogP contribution in [0, 0.1) is 0 Å². The molecule has 0 unspecified atom stereocenters. The van der Waals surface area contributed by atoms with E-state index in [0.29, 0.717) is 0 Å². The number of hydrogen-bond acceptors (Lipinski definition) is 4. The minimum Gasteiger partial charge on any atom is -0.386 e. The van der Waals surface area contributed by atoms with Gasteiger partial charge in [0, 0.05) is 51.5 Å². The summed E-state index contributed by atoms with van der Waals surface area (Å²) in [5.74, 6) is 0. The molecule has 2 fully saturated rings. The molecule has 4 heteroatoms. The summed E-state index contributed by atoms with van der Waals surface area (Å²) in [6.07, 6.45) is 2.10. The Hall–Kier alpha value is -0.580. The van der Waals surface area contributed by atoms with E-state index in [1.165, 1.54) is 5.70 Å². The van der Waals surface area contributed by atoms with E-state index in [1.807, 2.05) is 0 Å². The molecule has 82 valence electrons. The molecule has 0 aromatic heterocycles. The van der Waals surface area contributed by atoms with Gasteiger partial charge in [-0.15, -0.1) is 0 Å². The van der Waals surface area contributed by atoms with E-state index in [9.17, 15) is 0 Å². The molecular weight excluding hydrogens is 176 g/mol. The first-order valence-corrected chi connectivity index (χ1v) is 5.44. The van der Waals surface area contributed by atoms with Gasteiger partial charge in [0.2, 0.25) is 0 Å². The number of rotatable bonds is 0. The summed E-state index contributed by atoms with van der Waals surface area (Å²) in [7, 11) is 0. The molecule has 2 heterocycles. The maximum absolute atomic E-state index is 3.27. The predicted octanol–water partition coefficient (Wildman–Crippen LogP) is -0.738. The van der Waals surface area contributed by atoms with E-state index in [1.54, 1.807) is 0 Å². The zero-order chi connectivity index (χ0) is 10.1. The van der Waals surface area contributed by atoms with Gasteiger partial charge in [0.1, 0.15) is 0 Å². The standard InChI is InChI=1S/C6H12N2.C4H10N2/c1-2-6-5-7-3-4-8-6;1-2-6-4-3-5-1/h2,7-8H,3-5H2,1H3;5-6H,1-4H2. The summed E-state index contributed by atoms with van der Waals surface area (Å²) in [5, 5.41) is 13.0. The van der Waals surface area contributed by atoms with Gasteiger partial charge in [-0.25, -0.2) is 0 Å². The highest BCUT2D eigenvalue weighted by Gasteiger charge is 1.98. The van der Waals surface area contributed by atoms with Crippen LogP contribution in [0.15, 0.2) is 11.8 Å². The van der Waals surface area contributed by atoms with Crippen LogP contribution in [0.1, 0.15) is 6.92 Å². The quantitative estimate of drug-likeness (QED) is 0.414. The topological polar surface area (TPSA) is 48.1 Å². The van der Waals surface area contributed by atoms with E-state index in [-0.39, 0.29) is 0 Å². The minimum absolute atomic E-state index is 1.01. The number of hydrogen-bond donors (Lipinski definition) is 4. The summed E-state index contributed by atoms with van der Waals surface area (Å²) in [5.41, 5.74) is 1.32. The highest BCUT2D eigenvalue weighted by molar-refractivity contribution is 5.02. The average molecular weight is 198 g/mol. The molecule has 2 saturated heterocycles. The van der Waals surface area contributed by atoms with Crippen molar-refractivity contribution in [2.75, 3.05) is 45.8 Å². The van der Waals surface area contributed by atoms with E-state index < -0.39 is 0 Å². The third-order valence-electron chi connectivity index (χ3n) is 2.27. The number of nitrogens with one attached hydrogen (secondary N) is 4. The van der Waals surface area contributed by atoms with Crippen molar-refractivity contribution in [2.24, 2.45) is 0 Å². The molecule has 0 aromatic rings. The summed E-state index contributed by atoms with van der Waals surface area (Å²) in [6, 6.07) is 0. The fourth-order valence-corrected chi connectivity index (χ4v) is 1.40. The Morgan fingerprint density at radius 2 is 1.43 bits per heavy atom. The molecular formula is C10H22N4. The monoisotopic (exact) mass is 198 g/mol. The van der Waals surface area contributed by atoms with Crippen LogP contribution >= 0.6 is 0 Å². The lowest BCUT2D eigenvalue weighted by Gasteiger charge is -2.17. The molecule has 0 aliphatic carbocycles. The molecule has 0 amide bonds. The first-order chi connectivity index (χ1) is 6.93. The average Bonchev–Trinajstić information content (AvgIpc) is 2.33. The zero-order valence-corrected chi connectivity index (χ0v) is 9.03. The van der Waals surface area contributed by atoms with Crippen LogP contribution in [0.2, 0.25) is 0 Å². The smallest absolute Gasteiger partial charge is 0.0351 e. The molecule has 0 bridgehead atoms. The van der Waals surface area contributed by atoms with Crippen LogP contribution in [-0.2, 0) is 0 Å². The Kier molecular flexibility index (Phi) is 6.40. The van der Waals surface area contributed by atoms with Crippen molar-refractivity contribution >= 4 is 0 Å². The molecule has 4 nitrogen and oxygen atoms in total. The Morgan fingerprint density at radius 3 is 1.71 bits per heavy atom. The second-order valence-corrected chi connectivity index (χ2v) is 3.42. The normalized spacial score (nSPS) is 24.8. The van der Waals surface area contributed by atoms with Gasteiger partial charge in [0.25, 0.3) is 0 Å². The summed E-state index contributed by atoms with van der Waals surface area (Å²) >= 11 is 0. The second-order valence-electron chi connectivity index (χ2n) is 3.42. The van der Waals surface area contributed by atoms with E-state index in [0.717, 1.165) is 45.8 Å². The van der Waals surface area contributed by atoms with Crippen LogP contribution in [0.25, 0.3) is 0 Å². The molecule has 14 heavy (non-hydrogen) atoms. The van der Waals surface area contributed by atoms with E-state index >= 15 is 0 Å². The highest BCUT2D eigenvalue weighted by Crippen LogP contribution is 1.88. The molecule has 2 aliphatic rings. The Balaban J connectivity index is 0.000000146. The van der Waals surface area contributed by atoms with Crippen molar-refractivity contribution in [3.8, 4) is 0 Å². The van der Waals surface area contributed by atoms with Gasteiger partial charge in [-0.1, -0.05) is 6.08 Å². The first-order valence-electron chi connectivity index (χ1n) is 5.44. The van der Waals surface area contributed by atoms with Crippen molar-refractivity contribution in [1.29, 1.82) is 0 Å². The van der Waals surface area contributed by atoms with Gasteiger partial charge in [0.05, 0.1) is 0 Å². The third-order valence-corrected chi connectivity index (χ3v) is 2.27. The first kappa shape index (κ1) is 11.5. The molecule has 4 N–H and O–H groups in total. The Bertz CT molecular complexity index is 144. The fraction of sp³-hybridized carbons (Fsp3) is 0.800. The van der Waals surface area contributed by atoms with Gasteiger partial charge in [-0.05, 0) is 6.92 Å². The van der Waals surface area contributed by atoms with Gasteiger partial charge in [0.15, 0.2) is 0 Å². The SMILES string of the molecule is C1CNCCN1.CC=C1CNCCN1. The molecule has 2 rings (SSSR count). The zero-order valence-electron chi connectivity index (χ0n) is 9.03. The lowest BCUT2D eigenvalue weighted by Crippen LogP contribution is -2.39. The van der Waals surface area contributed by atoms with Crippen LogP contribution in [-0.4, -0.2) is 45.8 Å². The molecule has 0 aromatic carbocycles. The molecule has 0 atom stereocenters. The Labute approximate surface area is 86.5 Å². The molecule has 0 saturated carbocycles.